The van der Waals surface area contributed by atoms with Crippen LogP contribution in [0.5, 0.6) is 0 Å². The van der Waals surface area contributed by atoms with Gasteiger partial charge in [-0.25, -0.2) is 19.6 Å². The van der Waals surface area contributed by atoms with Crippen LogP contribution in [0, 0.1) is 0 Å². The summed E-state index contributed by atoms with van der Waals surface area (Å²) < 4.78 is 7.21. The topological polar surface area (TPSA) is 94.8 Å². The first-order chi connectivity index (χ1) is 11.6. The third-order valence-corrected chi connectivity index (χ3v) is 4.19. The van der Waals surface area contributed by atoms with Crippen molar-refractivity contribution in [1.82, 2.24) is 30.0 Å². The average Bonchev–Trinajstić information content (AvgIpc) is 3.16. The van der Waals surface area contributed by atoms with Crippen molar-refractivity contribution < 1.29 is 9.53 Å². The fraction of sp³-hybridized carbons (Fsp3) is 0.562. The van der Waals surface area contributed by atoms with Gasteiger partial charge in [0.25, 0.3) is 0 Å². The Morgan fingerprint density at radius 3 is 2.79 bits per heavy atom. The SMILES string of the molecule is CC(C)(C(=O)NCc1cnc(C2CCCCO2)nc1)n1cncn1. The molecular weight excluding hydrogens is 308 g/mol. The van der Waals surface area contributed by atoms with Crippen molar-refractivity contribution in [2.45, 2.75) is 51.3 Å². The lowest BCUT2D eigenvalue weighted by molar-refractivity contribution is -0.129. The van der Waals surface area contributed by atoms with Crippen LogP contribution < -0.4 is 5.32 Å². The summed E-state index contributed by atoms with van der Waals surface area (Å²) in [5.41, 5.74) is 0.0325. The highest BCUT2D eigenvalue weighted by Crippen LogP contribution is 2.24. The van der Waals surface area contributed by atoms with Crippen molar-refractivity contribution in [3.05, 3.63) is 36.4 Å². The van der Waals surface area contributed by atoms with Crippen LogP contribution in [0.3, 0.4) is 0 Å². The molecule has 1 unspecified atom stereocenters. The molecule has 2 aromatic rings. The summed E-state index contributed by atoms with van der Waals surface area (Å²) >= 11 is 0. The highest BCUT2D eigenvalue weighted by molar-refractivity contribution is 5.83. The van der Waals surface area contributed by atoms with Gasteiger partial charge in [0.05, 0.1) is 0 Å². The average molecular weight is 330 g/mol. The van der Waals surface area contributed by atoms with Gasteiger partial charge < -0.3 is 10.1 Å². The molecule has 8 nitrogen and oxygen atoms in total. The predicted octanol–water partition coefficient (Wildman–Crippen LogP) is 1.36. The van der Waals surface area contributed by atoms with Gasteiger partial charge in [0, 0.05) is 31.1 Å². The lowest BCUT2D eigenvalue weighted by Gasteiger charge is -2.23. The molecule has 0 saturated carbocycles. The number of hydrogen-bond acceptors (Lipinski definition) is 6. The molecule has 128 valence electrons. The second-order valence-corrected chi connectivity index (χ2v) is 6.39. The van der Waals surface area contributed by atoms with E-state index in [1.54, 1.807) is 26.2 Å². The second kappa shape index (κ2) is 7.04. The van der Waals surface area contributed by atoms with Crippen LogP contribution in [0.4, 0.5) is 0 Å². The van der Waals surface area contributed by atoms with Gasteiger partial charge in [0.15, 0.2) is 5.82 Å². The first-order valence-corrected chi connectivity index (χ1v) is 8.13. The summed E-state index contributed by atoms with van der Waals surface area (Å²) in [6.45, 7) is 4.71. The number of carbonyl (C=O) groups excluding carboxylic acids is 1. The van der Waals surface area contributed by atoms with Gasteiger partial charge in [-0.2, -0.15) is 5.10 Å². The van der Waals surface area contributed by atoms with Crippen molar-refractivity contribution in [1.29, 1.82) is 0 Å². The van der Waals surface area contributed by atoms with Crippen LogP contribution in [0.15, 0.2) is 25.0 Å². The molecule has 1 fully saturated rings. The fourth-order valence-electron chi connectivity index (χ4n) is 2.57. The molecule has 0 aliphatic carbocycles. The molecule has 3 heterocycles. The predicted molar refractivity (Wildman–Crippen MR) is 85.8 cm³/mol. The number of amides is 1. The van der Waals surface area contributed by atoms with Gasteiger partial charge in [-0.1, -0.05) is 0 Å². The van der Waals surface area contributed by atoms with E-state index in [9.17, 15) is 4.79 Å². The number of aromatic nitrogens is 5. The van der Waals surface area contributed by atoms with E-state index in [0.717, 1.165) is 31.4 Å². The Kier molecular flexibility index (Phi) is 4.84. The number of nitrogens with zero attached hydrogens (tertiary/aromatic N) is 5. The van der Waals surface area contributed by atoms with Gasteiger partial charge in [-0.3, -0.25) is 4.79 Å². The van der Waals surface area contributed by atoms with E-state index in [0.29, 0.717) is 12.4 Å². The normalized spacial score (nSPS) is 18.3. The van der Waals surface area contributed by atoms with E-state index in [1.807, 2.05) is 0 Å². The van der Waals surface area contributed by atoms with E-state index < -0.39 is 5.54 Å². The maximum Gasteiger partial charge on any atom is 0.247 e. The summed E-state index contributed by atoms with van der Waals surface area (Å²) in [4.78, 5) is 25.0. The monoisotopic (exact) mass is 330 g/mol. The second-order valence-electron chi connectivity index (χ2n) is 6.39. The van der Waals surface area contributed by atoms with E-state index >= 15 is 0 Å². The van der Waals surface area contributed by atoms with Crippen LogP contribution in [-0.4, -0.2) is 37.2 Å². The molecule has 1 N–H and O–H groups in total. The van der Waals surface area contributed by atoms with Crippen molar-refractivity contribution in [3.8, 4) is 0 Å². The minimum absolute atomic E-state index is 0.00589. The Labute approximate surface area is 140 Å². The van der Waals surface area contributed by atoms with E-state index in [4.69, 9.17) is 4.74 Å². The lowest BCUT2D eigenvalue weighted by Crippen LogP contribution is -2.44. The Hall–Kier alpha value is -2.35. The zero-order valence-electron chi connectivity index (χ0n) is 14.0. The Morgan fingerprint density at radius 1 is 1.38 bits per heavy atom. The molecule has 0 spiro atoms. The molecule has 1 atom stereocenters. The first kappa shape index (κ1) is 16.5. The molecule has 1 aliphatic rings. The molecule has 0 bridgehead atoms. The number of ether oxygens (including phenoxy) is 1. The fourth-order valence-corrected chi connectivity index (χ4v) is 2.57. The molecular formula is C16H22N6O2. The zero-order valence-corrected chi connectivity index (χ0v) is 14.0. The summed E-state index contributed by atoms with van der Waals surface area (Å²) in [7, 11) is 0. The largest absolute Gasteiger partial charge is 0.370 e. The number of hydrogen-bond donors (Lipinski definition) is 1. The molecule has 0 radical (unpaired) electrons. The summed E-state index contributed by atoms with van der Waals surface area (Å²) in [6.07, 6.45) is 9.62. The highest BCUT2D eigenvalue weighted by Gasteiger charge is 2.30. The van der Waals surface area contributed by atoms with Crippen molar-refractivity contribution in [3.63, 3.8) is 0 Å². The maximum absolute atomic E-state index is 12.4. The number of nitrogens with one attached hydrogen (secondary N) is 1. The number of rotatable bonds is 5. The summed E-state index contributed by atoms with van der Waals surface area (Å²) in [5, 5.41) is 6.92. The Bertz CT molecular complexity index is 662. The molecule has 3 rings (SSSR count). The van der Waals surface area contributed by atoms with E-state index in [1.165, 1.54) is 17.3 Å². The minimum Gasteiger partial charge on any atom is -0.370 e. The molecule has 0 aromatic carbocycles. The van der Waals surface area contributed by atoms with E-state index in [2.05, 4.69) is 25.4 Å². The third-order valence-electron chi connectivity index (χ3n) is 4.19. The van der Waals surface area contributed by atoms with Crippen LogP contribution in [0.25, 0.3) is 0 Å². The lowest BCUT2D eigenvalue weighted by atomic mass is 10.1. The molecule has 24 heavy (non-hydrogen) atoms. The molecule has 2 aromatic heterocycles. The number of carbonyl (C=O) groups is 1. The van der Waals surface area contributed by atoms with Crippen molar-refractivity contribution >= 4 is 5.91 Å². The standard InChI is InChI=1S/C16H22N6O2/c1-16(2,22-11-17-10-21-22)15(23)20-9-12-7-18-14(19-8-12)13-5-3-4-6-24-13/h7-8,10-11,13H,3-6,9H2,1-2H3,(H,20,23). The first-order valence-electron chi connectivity index (χ1n) is 8.13. The zero-order chi connectivity index (χ0) is 17.0. The summed E-state index contributed by atoms with van der Waals surface area (Å²) in [6, 6.07) is 0. The Morgan fingerprint density at radius 2 is 2.17 bits per heavy atom. The van der Waals surface area contributed by atoms with Gasteiger partial charge in [-0.15, -0.1) is 0 Å². The minimum atomic E-state index is -0.812. The van der Waals surface area contributed by atoms with Crippen LogP contribution in [0.1, 0.15) is 50.6 Å². The van der Waals surface area contributed by atoms with Crippen molar-refractivity contribution in [2.75, 3.05) is 6.61 Å². The molecule has 1 saturated heterocycles. The summed E-state index contributed by atoms with van der Waals surface area (Å²) in [5.74, 6) is 0.570. The maximum atomic E-state index is 12.4. The van der Waals surface area contributed by atoms with Crippen LogP contribution >= 0.6 is 0 Å². The van der Waals surface area contributed by atoms with Crippen LogP contribution in [0.2, 0.25) is 0 Å². The Balaban J connectivity index is 1.57. The van der Waals surface area contributed by atoms with Crippen molar-refractivity contribution in [2.24, 2.45) is 0 Å². The molecule has 8 heteroatoms. The smallest absolute Gasteiger partial charge is 0.247 e. The molecule has 1 amide bonds. The van der Waals surface area contributed by atoms with Gasteiger partial charge >= 0.3 is 0 Å². The van der Waals surface area contributed by atoms with Gasteiger partial charge in [0.1, 0.15) is 24.3 Å². The quantitative estimate of drug-likeness (QED) is 0.889. The van der Waals surface area contributed by atoms with Gasteiger partial charge in [0.2, 0.25) is 5.91 Å². The van der Waals surface area contributed by atoms with Gasteiger partial charge in [-0.05, 0) is 33.1 Å². The molecule has 1 aliphatic heterocycles. The highest BCUT2D eigenvalue weighted by atomic mass is 16.5. The van der Waals surface area contributed by atoms with E-state index in [-0.39, 0.29) is 12.0 Å². The van der Waals surface area contributed by atoms with Crippen LogP contribution in [-0.2, 0) is 21.6 Å². The third kappa shape index (κ3) is 3.59.